The number of H-pyrrole nitrogens is 1. The molecule has 1 N–H and O–H groups in total. The van der Waals surface area contributed by atoms with Crippen LogP contribution in [0.2, 0.25) is 0 Å². The maximum atomic E-state index is 5.31. The fraction of sp³-hybridized carbons (Fsp3) is 0.312. The zero-order valence-corrected chi connectivity index (χ0v) is 22.4. The van der Waals surface area contributed by atoms with Crippen LogP contribution in [0.4, 0.5) is 0 Å². The summed E-state index contributed by atoms with van der Waals surface area (Å²) < 4.78 is 2.29. The first-order valence-electron chi connectivity index (χ1n) is 12.9. The molecule has 5 rings (SSSR count). The predicted molar refractivity (Wildman–Crippen MR) is 150 cm³/mol. The summed E-state index contributed by atoms with van der Waals surface area (Å²) in [6.07, 6.45) is 2.24. The molecular formula is C32H36N4. The molecule has 2 aromatic heterocycles. The van der Waals surface area contributed by atoms with Crippen molar-refractivity contribution in [2.75, 3.05) is 0 Å². The zero-order chi connectivity index (χ0) is 25.6. The van der Waals surface area contributed by atoms with Gasteiger partial charge in [0.1, 0.15) is 0 Å². The standard InChI is InChI=1S/C32H36N4/c1-20(2)23-14-12-15-24(21(3)4)29(23)36-19-28(32(6,7)25-16-9-8-13-22(25)5)35-31(36)30-33-26-17-10-11-18-27(26)34-30/h8-21H,1-7H3,(H,33,34). The molecule has 0 bridgehead atoms. The highest BCUT2D eigenvalue weighted by Crippen LogP contribution is 2.38. The number of nitrogens with one attached hydrogen (secondary N) is 1. The van der Waals surface area contributed by atoms with Gasteiger partial charge in [-0.15, -0.1) is 0 Å². The van der Waals surface area contributed by atoms with Gasteiger partial charge in [0.2, 0.25) is 0 Å². The number of hydrogen-bond donors (Lipinski definition) is 1. The molecule has 0 saturated heterocycles. The first kappa shape index (κ1) is 24.1. The van der Waals surface area contributed by atoms with Crippen molar-refractivity contribution in [1.29, 1.82) is 0 Å². The van der Waals surface area contributed by atoms with E-state index in [9.17, 15) is 0 Å². The van der Waals surface area contributed by atoms with Gasteiger partial charge in [-0.05, 0) is 53.1 Å². The Morgan fingerprint density at radius 3 is 2.06 bits per heavy atom. The van der Waals surface area contributed by atoms with Crippen molar-refractivity contribution in [3.05, 3.63) is 101 Å². The van der Waals surface area contributed by atoms with E-state index in [0.29, 0.717) is 11.8 Å². The van der Waals surface area contributed by atoms with E-state index in [1.807, 2.05) is 18.2 Å². The van der Waals surface area contributed by atoms with Crippen LogP contribution in [0.5, 0.6) is 0 Å². The third-order valence-electron chi connectivity index (χ3n) is 7.35. The highest BCUT2D eigenvalue weighted by molar-refractivity contribution is 5.78. The van der Waals surface area contributed by atoms with Crippen LogP contribution < -0.4 is 0 Å². The third-order valence-corrected chi connectivity index (χ3v) is 7.35. The number of aromatic nitrogens is 4. The van der Waals surface area contributed by atoms with Crippen molar-refractivity contribution < 1.29 is 0 Å². The minimum absolute atomic E-state index is 0.276. The number of fused-ring (bicyclic) bond motifs is 1. The largest absolute Gasteiger partial charge is 0.335 e. The van der Waals surface area contributed by atoms with E-state index in [1.165, 1.54) is 27.9 Å². The molecule has 0 atom stereocenters. The van der Waals surface area contributed by atoms with Gasteiger partial charge in [-0.25, -0.2) is 9.97 Å². The average Bonchev–Trinajstić information content (AvgIpc) is 3.48. The van der Waals surface area contributed by atoms with E-state index in [4.69, 9.17) is 9.97 Å². The summed E-state index contributed by atoms with van der Waals surface area (Å²) in [5, 5.41) is 0. The normalized spacial score (nSPS) is 12.2. The molecule has 2 heterocycles. The molecule has 5 aromatic rings. The first-order valence-corrected chi connectivity index (χ1v) is 12.9. The van der Waals surface area contributed by atoms with Crippen molar-refractivity contribution >= 4 is 11.0 Å². The molecule has 0 saturated carbocycles. The van der Waals surface area contributed by atoms with Gasteiger partial charge in [0, 0.05) is 11.6 Å². The molecule has 0 spiro atoms. The Kier molecular flexibility index (Phi) is 6.07. The summed E-state index contributed by atoms with van der Waals surface area (Å²) in [6.45, 7) is 15.8. The van der Waals surface area contributed by atoms with Crippen LogP contribution in [0.15, 0.2) is 72.9 Å². The number of benzene rings is 3. The van der Waals surface area contributed by atoms with Crippen LogP contribution in [-0.2, 0) is 5.41 Å². The molecular weight excluding hydrogens is 440 g/mol. The number of hydrogen-bond acceptors (Lipinski definition) is 2. The van der Waals surface area contributed by atoms with E-state index in [2.05, 4.69) is 113 Å². The fourth-order valence-corrected chi connectivity index (χ4v) is 5.28. The molecule has 4 nitrogen and oxygen atoms in total. The minimum Gasteiger partial charge on any atom is -0.335 e. The van der Waals surface area contributed by atoms with Gasteiger partial charge in [-0.3, -0.25) is 4.57 Å². The number of rotatable bonds is 6. The summed E-state index contributed by atoms with van der Waals surface area (Å²) in [7, 11) is 0. The highest BCUT2D eigenvalue weighted by Gasteiger charge is 2.31. The Bertz CT molecular complexity index is 1470. The second-order valence-corrected chi connectivity index (χ2v) is 11.0. The van der Waals surface area contributed by atoms with Crippen LogP contribution in [0, 0.1) is 6.92 Å². The highest BCUT2D eigenvalue weighted by atomic mass is 15.1. The maximum absolute atomic E-state index is 5.31. The molecule has 0 aliphatic rings. The van der Waals surface area contributed by atoms with Gasteiger partial charge in [-0.2, -0.15) is 0 Å². The van der Waals surface area contributed by atoms with Crippen LogP contribution in [0.25, 0.3) is 28.4 Å². The molecule has 0 aliphatic carbocycles. The Morgan fingerprint density at radius 2 is 1.42 bits per heavy atom. The topological polar surface area (TPSA) is 46.5 Å². The summed E-state index contributed by atoms with van der Waals surface area (Å²) in [4.78, 5) is 13.8. The van der Waals surface area contributed by atoms with Crippen molar-refractivity contribution in [1.82, 2.24) is 19.5 Å². The second kappa shape index (κ2) is 9.09. The van der Waals surface area contributed by atoms with Crippen LogP contribution in [0.1, 0.15) is 81.3 Å². The molecule has 3 aromatic carbocycles. The van der Waals surface area contributed by atoms with Crippen molar-refractivity contribution in [2.45, 2.75) is 65.7 Å². The van der Waals surface area contributed by atoms with Crippen molar-refractivity contribution in [3.63, 3.8) is 0 Å². The quantitative estimate of drug-likeness (QED) is 0.268. The van der Waals surface area contributed by atoms with Crippen LogP contribution in [0.3, 0.4) is 0 Å². The molecule has 0 radical (unpaired) electrons. The Morgan fingerprint density at radius 1 is 0.778 bits per heavy atom. The Labute approximate surface area is 214 Å². The molecule has 0 fully saturated rings. The smallest absolute Gasteiger partial charge is 0.181 e. The summed E-state index contributed by atoms with van der Waals surface area (Å²) >= 11 is 0. The fourth-order valence-electron chi connectivity index (χ4n) is 5.28. The van der Waals surface area contributed by atoms with E-state index in [1.54, 1.807) is 0 Å². The van der Waals surface area contributed by atoms with Crippen LogP contribution in [-0.4, -0.2) is 19.5 Å². The van der Waals surface area contributed by atoms with Crippen LogP contribution >= 0.6 is 0 Å². The number of aryl methyl sites for hydroxylation is 1. The molecule has 184 valence electrons. The molecule has 36 heavy (non-hydrogen) atoms. The van der Waals surface area contributed by atoms with Gasteiger partial charge in [0.05, 0.1) is 22.4 Å². The Balaban J connectivity index is 1.82. The molecule has 0 amide bonds. The number of imidazole rings is 2. The van der Waals surface area contributed by atoms with Gasteiger partial charge in [-0.1, -0.05) is 96.1 Å². The summed E-state index contributed by atoms with van der Waals surface area (Å²) in [5.41, 5.74) is 9.12. The van der Waals surface area contributed by atoms with E-state index >= 15 is 0 Å². The molecule has 0 aliphatic heterocycles. The van der Waals surface area contributed by atoms with Crippen molar-refractivity contribution in [2.24, 2.45) is 0 Å². The lowest BCUT2D eigenvalue weighted by Crippen LogP contribution is -2.20. The second-order valence-electron chi connectivity index (χ2n) is 11.0. The average molecular weight is 477 g/mol. The molecule has 0 unspecified atom stereocenters. The lowest BCUT2D eigenvalue weighted by molar-refractivity contribution is 0.616. The first-order chi connectivity index (χ1) is 17.2. The lowest BCUT2D eigenvalue weighted by Gasteiger charge is -2.25. The summed E-state index contributed by atoms with van der Waals surface area (Å²) in [6, 6.07) is 23.5. The van der Waals surface area contributed by atoms with E-state index in [-0.39, 0.29) is 5.41 Å². The van der Waals surface area contributed by atoms with E-state index < -0.39 is 0 Å². The third kappa shape index (κ3) is 4.05. The lowest BCUT2D eigenvalue weighted by atomic mass is 9.79. The number of nitrogens with zero attached hydrogens (tertiary/aromatic N) is 3. The summed E-state index contributed by atoms with van der Waals surface area (Å²) in [5.74, 6) is 2.38. The van der Waals surface area contributed by atoms with Gasteiger partial charge >= 0.3 is 0 Å². The van der Waals surface area contributed by atoms with Gasteiger partial charge in [0.25, 0.3) is 0 Å². The van der Waals surface area contributed by atoms with E-state index in [0.717, 1.165) is 28.4 Å². The number of aromatic amines is 1. The zero-order valence-electron chi connectivity index (χ0n) is 22.4. The maximum Gasteiger partial charge on any atom is 0.181 e. The number of para-hydroxylation sites is 3. The van der Waals surface area contributed by atoms with Crippen molar-refractivity contribution in [3.8, 4) is 17.3 Å². The monoisotopic (exact) mass is 476 g/mol. The Hall–Kier alpha value is -3.66. The van der Waals surface area contributed by atoms with Gasteiger partial charge < -0.3 is 4.98 Å². The SMILES string of the molecule is Cc1ccccc1C(C)(C)c1cn(-c2c(C(C)C)cccc2C(C)C)c(-c2nc3ccccc3[nH]2)n1. The predicted octanol–water partition coefficient (Wildman–Crippen LogP) is 8.30. The molecule has 4 heteroatoms. The minimum atomic E-state index is -0.276. The van der Waals surface area contributed by atoms with Gasteiger partial charge in [0.15, 0.2) is 11.6 Å².